The summed E-state index contributed by atoms with van der Waals surface area (Å²) in [7, 11) is 0. The molecule has 8 heteroatoms. The summed E-state index contributed by atoms with van der Waals surface area (Å²) in [6.07, 6.45) is 1.52. The molecule has 0 saturated carbocycles. The minimum Gasteiger partial charge on any atom is -0.462 e. The van der Waals surface area contributed by atoms with Crippen molar-refractivity contribution >= 4 is 34.7 Å². The van der Waals surface area contributed by atoms with Gasteiger partial charge in [0.1, 0.15) is 12.0 Å². The standard InChI is InChI=1S/C25H30N6O2/c1-18(2)16-33-25(32)19-8-10-20(11-9-19)29-23-22(26)24(28-17-27-23)31-14-12-30(13-15-31)21-6-4-3-5-7-21/h3-11,17-18H,12-16,26H2,1-2H3,(H,27,28,29). The Hall–Kier alpha value is -3.81. The number of piperazine rings is 1. The predicted octanol–water partition coefficient (Wildman–Crippen LogP) is 3.94. The maximum absolute atomic E-state index is 12.1. The summed E-state index contributed by atoms with van der Waals surface area (Å²) < 4.78 is 5.28. The maximum atomic E-state index is 12.1. The van der Waals surface area contributed by atoms with Gasteiger partial charge in [0.2, 0.25) is 0 Å². The predicted molar refractivity (Wildman–Crippen MR) is 132 cm³/mol. The molecule has 0 aliphatic carbocycles. The molecule has 1 aliphatic rings. The molecule has 1 saturated heterocycles. The van der Waals surface area contributed by atoms with Crippen molar-refractivity contribution in [2.24, 2.45) is 5.92 Å². The lowest BCUT2D eigenvalue weighted by atomic mass is 10.2. The lowest BCUT2D eigenvalue weighted by Gasteiger charge is -2.37. The monoisotopic (exact) mass is 446 g/mol. The fraction of sp³-hybridized carbons (Fsp3) is 0.320. The number of hydrogen-bond acceptors (Lipinski definition) is 8. The number of aromatic nitrogens is 2. The average molecular weight is 447 g/mol. The van der Waals surface area contributed by atoms with E-state index in [4.69, 9.17) is 10.5 Å². The first-order valence-electron chi connectivity index (χ1n) is 11.2. The summed E-state index contributed by atoms with van der Waals surface area (Å²) >= 11 is 0. The van der Waals surface area contributed by atoms with Crippen molar-refractivity contribution in [1.29, 1.82) is 0 Å². The van der Waals surface area contributed by atoms with E-state index < -0.39 is 0 Å². The molecule has 1 aromatic heterocycles. The van der Waals surface area contributed by atoms with E-state index in [-0.39, 0.29) is 5.97 Å². The van der Waals surface area contributed by atoms with E-state index in [2.05, 4.69) is 49.4 Å². The molecule has 3 aromatic rings. The first-order chi connectivity index (χ1) is 16.0. The molecule has 172 valence electrons. The molecular formula is C25H30N6O2. The number of benzene rings is 2. The van der Waals surface area contributed by atoms with E-state index >= 15 is 0 Å². The molecule has 1 fully saturated rings. The summed E-state index contributed by atoms with van der Waals surface area (Å²) in [6.45, 7) is 7.84. The molecular weight excluding hydrogens is 416 g/mol. The van der Waals surface area contributed by atoms with E-state index in [0.29, 0.717) is 29.6 Å². The van der Waals surface area contributed by atoms with Crippen LogP contribution in [-0.4, -0.2) is 48.7 Å². The van der Waals surface area contributed by atoms with Crippen LogP contribution in [0.2, 0.25) is 0 Å². The van der Waals surface area contributed by atoms with Crippen molar-refractivity contribution in [1.82, 2.24) is 9.97 Å². The Morgan fingerprint density at radius 3 is 2.33 bits per heavy atom. The second-order valence-corrected chi connectivity index (χ2v) is 8.46. The number of nitrogen functional groups attached to an aromatic ring is 1. The third kappa shape index (κ3) is 5.52. The summed E-state index contributed by atoms with van der Waals surface area (Å²) in [6, 6.07) is 17.5. The number of nitrogens with two attached hydrogens (primary N) is 1. The van der Waals surface area contributed by atoms with Gasteiger partial charge >= 0.3 is 5.97 Å². The van der Waals surface area contributed by atoms with Crippen molar-refractivity contribution in [3.63, 3.8) is 0 Å². The highest BCUT2D eigenvalue weighted by Gasteiger charge is 2.21. The second-order valence-electron chi connectivity index (χ2n) is 8.46. The summed E-state index contributed by atoms with van der Waals surface area (Å²) in [5, 5.41) is 3.24. The van der Waals surface area contributed by atoms with Gasteiger partial charge in [-0.1, -0.05) is 32.0 Å². The third-order valence-corrected chi connectivity index (χ3v) is 5.49. The Morgan fingerprint density at radius 2 is 1.67 bits per heavy atom. The molecule has 0 atom stereocenters. The van der Waals surface area contributed by atoms with Gasteiger partial charge in [-0.2, -0.15) is 0 Å². The van der Waals surface area contributed by atoms with Gasteiger partial charge < -0.3 is 25.6 Å². The number of ether oxygens (including phenoxy) is 1. The number of anilines is 5. The average Bonchev–Trinajstić information content (AvgIpc) is 2.85. The zero-order valence-electron chi connectivity index (χ0n) is 19.1. The largest absolute Gasteiger partial charge is 0.462 e. The van der Waals surface area contributed by atoms with Crippen LogP contribution in [-0.2, 0) is 4.74 Å². The molecule has 8 nitrogen and oxygen atoms in total. The Labute approximate surface area is 194 Å². The van der Waals surface area contributed by atoms with E-state index in [1.807, 2.05) is 32.0 Å². The van der Waals surface area contributed by atoms with Crippen LogP contribution in [0.4, 0.5) is 28.7 Å². The summed E-state index contributed by atoms with van der Waals surface area (Å²) in [4.78, 5) is 25.4. The number of hydrogen-bond donors (Lipinski definition) is 2. The minimum atomic E-state index is -0.325. The first kappa shape index (κ1) is 22.4. The zero-order valence-corrected chi connectivity index (χ0v) is 19.1. The van der Waals surface area contributed by atoms with Crippen molar-refractivity contribution in [3.05, 3.63) is 66.5 Å². The van der Waals surface area contributed by atoms with Crippen LogP contribution >= 0.6 is 0 Å². The fourth-order valence-electron chi connectivity index (χ4n) is 3.71. The van der Waals surface area contributed by atoms with Gasteiger partial charge in [-0.25, -0.2) is 14.8 Å². The Bertz CT molecular complexity index is 1060. The quantitative estimate of drug-likeness (QED) is 0.527. The van der Waals surface area contributed by atoms with Gasteiger partial charge in [-0.15, -0.1) is 0 Å². The topological polar surface area (TPSA) is 96.6 Å². The lowest BCUT2D eigenvalue weighted by Crippen LogP contribution is -2.47. The van der Waals surface area contributed by atoms with Crippen LogP contribution < -0.4 is 20.9 Å². The van der Waals surface area contributed by atoms with Crippen molar-refractivity contribution in [3.8, 4) is 0 Å². The lowest BCUT2D eigenvalue weighted by molar-refractivity contribution is 0.0459. The van der Waals surface area contributed by atoms with Gasteiger partial charge in [0.15, 0.2) is 11.6 Å². The van der Waals surface area contributed by atoms with Crippen LogP contribution in [0, 0.1) is 5.92 Å². The van der Waals surface area contributed by atoms with Gasteiger partial charge in [0.25, 0.3) is 0 Å². The van der Waals surface area contributed by atoms with Gasteiger partial charge in [0, 0.05) is 37.6 Å². The molecule has 33 heavy (non-hydrogen) atoms. The molecule has 3 N–H and O–H groups in total. The highest BCUT2D eigenvalue weighted by molar-refractivity contribution is 5.90. The Kier molecular flexibility index (Phi) is 6.92. The number of carbonyl (C=O) groups is 1. The highest BCUT2D eigenvalue weighted by atomic mass is 16.5. The van der Waals surface area contributed by atoms with Crippen LogP contribution in [0.15, 0.2) is 60.9 Å². The van der Waals surface area contributed by atoms with E-state index in [9.17, 15) is 4.79 Å². The van der Waals surface area contributed by atoms with Crippen molar-refractivity contribution in [2.75, 3.05) is 53.6 Å². The molecule has 0 radical (unpaired) electrons. The van der Waals surface area contributed by atoms with Crippen LogP contribution in [0.3, 0.4) is 0 Å². The van der Waals surface area contributed by atoms with Crippen LogP contribution in [0.5, 0.6) is 0 Å². The van der Waals surface area contributed by atoms with Gasteiger partial charge in [-0.05, 0) is 42.3 Å². The number of carbonyl (C=O) groups excluding carboxylic acids is 1. The molecule has 0 spiro atoms. The third-order valence-electron chi connectivity index (χ3n) is 5.49. The summed E-state index contributed by atoms with van der Waals surface area (Å²) in [5.74, 6) is 1.24. The molecule has 2 aromatic carbocycles. The molecule has 1 aliphatic heterocycles. The van der Waals surface area contributed by atoms with Gasteiger partial charge in [0.05, 0.1) is 12.2 Å². The minimum absolute atomic E-state index is 0.297. The number of nitrogens with zero attached hydrogens (tertiary/aromatic N) is 4. The Morgan fingerprint density at radius 1 is 1.00 bits per heavy atom. The summed E-state index contributed by atoms with van der Waals surface area (Å²) in [5.41, 5.74) is 9.46. The fourth-order valence-corrected chi connectivity index (χ4v) is 3.71. The number of rotatable bonds is 7. The number of esters is 1. The van der Waals surface area contributed by atoms with E-state index in [1.54, 1.807) is 12.1 Å². The number of nitrogens with one attached hydrogen (secondary N) is 1. The molecule has 2 heterocycles. The first-order valence-corrected chi connectivity index (χ1v) is 11.2. The smallest absolute Gasteiger partial charge is 0.338 e. The second kappa shape index (κ2) is 10.2. The van der Waals surface area contributed by atoms with Crippen LogP contribution in [0.25, 0.3) is 0 Å². The molecule has 0 unspecified atom stereocenters. The molecule has 4 rings (SSSR count). The SMILES string of the molecule is CC(C)COC(=O)c1ccc(Nc2ncnc(N3CCN(c4ccccc4)CC3)c2N)cc1. The van der Waals surface area contributed by atoms with Crippen LogP contribution in [0.1, 0.15) is 24.2 Å². The van der Waals surface area contributed by atoms with E-state index in [1.165, 1.54) is 12.0 Å². The van der Waals surface area contributed by atoms with E-state index in [0.717, 1.165) is 37.7 Å². The Balaban J connectivity index is 1.40. The maximum Gasteiger partial charge on any atom is 0.338 e. The molecule has 0 bridgehead atoms. The van der Waals surface area contributed by atoms with Crippen molar-refractivity contribution < 1.29 is 9.53 Å². The highest BCUT2D eigenvalue weighted by Crippen LogP contribution is 2.30. The zero-order chi connectivity index (χ0) is 23.2. The number of para-hydroxylation sites is 1. The normalized spacial score (nSPS) is 13.8. The van der Waals surface area contributed by atoms with Gasteiger partial charge in [-0.3, -0.25) is 0 Å². The van der Waals surface area contributed by atoms with Crippen molar-refractivity contribution in [2.45, 2.75) is 13.8 Å². The molecule has 0 amide bonds.